The molecule has 1 rings (SSSR count). The lowest BCUT2D eigenvalue weighted by atomic mass is 9.79. The van der Waals surface area contributed by atoms with E-state index in [1.807, 2.05) is 19.9 Å². The van der Waals surface area contributed by atoms with Crippen molar-refractivity contribution in [3.8, 4) is 0 Å². The summed E-state index contributed by atoms with van der Waals surface area (Å²) in [5.74, 6) is 0.0337. The molecule has 19 heavy (non-hydrogen) atoms. The smallest absolute Gasteiger partial charge is 0.221 e. The first-order chi connectivity index (χ1) is 8.81. The van der Waals surface area contributed by atoms with Crippen LogP contribution < -0.4 is 11.1 Å². The van der Waals surface area contributed by atoms with Crippen molar-refractivity contribution in [1.29, 1.82) is 0 Å². The van der Waals surface area contributed by atoms with Crippen LogP contribution in [0, 0.1) is 0 Å². The zero-order valence-electron chi connectivity index (χ0n) is 12.4. The summed E-state index contributed by atoms with van der Waals surface area (Å²) in [4.78, 5) is 11.7. The van der Waals surface area contributed by atoms with E-state index in [-0.39, 0.29) is 23.4 Å². The van der Waals surface area contributed by atoms with Crippen LogP contribution in [0.25, 0.3) is 0 Å². The number of amides is 1. The SMILES string of the molecule is CC(N)CC(=O)NC(C)CC(C)(C)c1ccccc1. The molecule has 106 valence electrons. The van der Waals surface area contributed by atoms with Gasteiger partial charge in [0.15, 0.2) is 0 Å². The molecule has 0 aliphatic rings. The summed E-state index contributed by atoms with van der Waals surface area (Å²) in [5.41, 5.74) is 6.97. The maximum absolute atomic E-state index is 11.7. The Morgan fingerprint density at radius 3 is 2.37 bits per heavy atom. The van der Waals surface area contributed by atoms with Gasteiger partial charge in [-0.25, -0.2) is 0 Å². The Kier molecular flexibility index (Phi) is 5.55. The Balaban J connectivity index is 2.56. The standard InChI is InChI=1S/C16H26N2O/c1-12(17)10-15(19)18-13(2)11-16(3,4)14-8-6-5-7-9-14/h5-9,12-13H,10-11,17H2,1-4H3,(H,18,19). The van der Waals surface area contributed by atoms with Crippen molar-refractivity contribution < 1.29 is 4.79 Å². The van der Waals surface area contributed by atoms with Gasteiger partial charge in [-0.1, -0.05) is 44.2 Å². The third kappa shape index (κ3) is 5.43. The van der Waals surface area contributed by atoms with E-state index < -0.39 is 0 Å². The van der Waals surface area contributed by atoms with Gasteiger partial charge in [0.05, 0.1) is 0 Å². The lowest BCUT2D eigenvalue weighted by Crippen LogP contribution is -2.39. The molecule has 2 unspecified atom stereocenters. The highest BCUT2D eigenvalue weighted by Crippen LogP contribution is 2.28. The Hall–Kier alpha value is -1.35. The molecule has 3 heteroatoms. The van der Waals surface area contributed by atoms with Crippen molar-refractivity contribution in [1.82, 2.24) is 5.32 Å². The molecule has 1 amide bonds. The van der Waals surface area contributed by atoms with Crippen LogP contribution in [0.15, 0.2) is 30.3 Å². The number of carbonyl (C=O) groups excluding carboxylic acids is 1. The van der Waals surface area contributed by atoms with Gasteiger partial charge in [0.2, 0.25) is 5.91 Å². The molecule has 0 aliphatic carbocycles. The normalized spacial score (nSPS) is 14.8. The first-order valence-electron chi connectivity index (χ1n) is 6.92. The molecule has 0 saturated carbocycles. The lowest BCUT2D eigenvalue weighted by molar-refractivity contribution is -0.122. The summed E-state index contributed by atoms with van der Waals surface area (Å²) >= 11 is 0. The summed E-state index contributed by atoms with van der Waals surface area (Å²) in [6, 6.07) is 10.4. The number of hydrogen-bond acceptors (Lipinski definition) is 2. The van der Waals surface area contributed by atoms with E-state index in [1.165, 1.54) is 5.56 Å². The predicted octanol–water partition coefficient (Wildman–Crippen LogP) is 2.60. The molecule has 3 N–H and O–H groups in total. The fourth-order valence-corrected chi connectivity index (χ4v) is 2.45. The molecule has 0 heterocycles. The molecule has 1 aromatic carbocycles. The van der Waals surface area contributed by atoms with Crippen molar-refractivity contribution >= 4 is 5.91 Å². The highest BCUT2D eigenvalue weighted by atomic mass is 16.1. The second kappa shape index (κ2) is 6.71. The minimum absolute atomic E-state index is 0.0337. The molecular formula is C16H26N2O. The maximum atomic E-state index is 11.7. The summed E-state index contributed by atoms with van der Waals surface area (Å²) in [6.45, 7) is 8.30. The monoisotopic (exact) mass is 262 g/mol. The van der Waals surface area contributed by atoms with Gasteiger partial charge in [0.1, 0.15) is 0 Å². The fraction of sp³-hybridized carbons (Fsp3) is 0.562. The Bertz CT molecular complexity index is 398. The van der Waals surface area contributed by atoms with E-state index >= 15 is 0 Å². The highest BCUT2D eigenvalue weighted by Gasteiger charge is 2.23. The van der Waals surface area contributed by atoms with Crippen LogP contribution in [-0.2, 0) is 10.2 Å². The first kappa shape index (κ1) is 15.7. The van der Waals surface area contributed by atoms with Crippen LogP contribution in [0.1, 0.15) is 46.1 Å². The molecular weight excluding hydrogens is 236 g/mol. The number of nitrogens with two attached hydrogens (primary N) is 1. The summed E-state index contributed by atoms with van der Waals surface area (Å²) < 4.78 is 0. The average molecular weight is 262 g/mol. The number of hydrogen-bond donors (Lipinski definition) is 2. The van der Waals surface area contributed by atoms with Crippen molar-refractivity contribution in [3.05, 3.63) is 35.9 Å². The van der Waals surface area contributed by atoms with E-state index in [4.69, 9.17) is 5.73 Å². The van der Waals surface area contributed by atoms with Gasteiger partial charge < -0.3 is 11.1 Å². The number of nitrogens with one attached hydrogen (secondary N) is 1. The average Bonchev–Trinajstić information content (AvgIpc) is 2.27. The van der Waals surface area contributed by atoms with Crippen LogP contribution in [0.2, 0.25) is 0 Å². The number of rotatable bonds is 6. The molecule has 0 radical (unpaired) electrons. The molecule has 0 fully saturated rings. The van der Waals surface area contributed by atoms with Crippen molar-refractivity contribution in [2.45, 2.75) is 58.0 Å². The van der Waals surface area contributed by atoms with E-state index in [0.29, 0.717) is 6.42 Å². The van der Waals surface area contributed by atoms with Gasteiger partial charge in [-0.15, -0.1) is 0 Å². The zero-order chi connectivity index (χ0) is 14.5. The molecule has 1 aromatic rings. The molecule has 3 nitrogen and oxygen atoms in total. The lowest BCUT2D eigenvalue weighted by Gasteiger charge is -2.29. The minimum Gasteiger partial charge on any atom is -0.354 e. The van der Waals surface area contributed by atoms with Crippen LogP contribution in [0.5, 0.6) is 0 Å². The second-order valence-electron chi connectivity index (χ2n) is 6.10. The van der Waals surface area contributed by atoms with Crippen LogP contribution in [-0.4, -0.2) is 18.0 Å². The first-order valence-corrected chi connectivity index (χ1v) is 6.92. The van der Waals surface area contributed by atoms with Crippen LogP contribution in [0.4, 0.5) is 0 Å². The second-order valence-corrected chi connectivity index (χ2v) is 6.10. The largest absolute Gasteiger partial charge is 0.354 e. The summed E-state index contributed by atoms with van der Waals surface area (Å²) in [6.07, 6.45) is 1.29. The topological polar surface area (TPSA) is 55.1 Å². The van der Waals surface area contributed by atoms with E-state index in [0.717, 1.165) is 6.42 Å². The third-order valence-electron chi connectivity index (χ3n) is 3.29. The van der Waals surface area contributed by atoms with Crippen LogP contribution >= 0.6 is 0 Å². The van der Waals surface area contributed by atoms with Gasteiger partial charge in [0.25, 0.3) is 0 Å². The van der Waals surface area contributed by atoms with Crippen molar-refractivity contribution in [2.75, 3.05) is 0 Å². The molecule has 0 bridgehead atoms. The van der Waals surface area contributed by atoms with Crippen LogP contribution in [0.3, 0.4) is 0 Å². The van der Waals surface area contributed by atoms with Gasteiger partial charge in [-0.3, -0.25) is 4.79 Å². The Labute approximate surface area is 116 Å². The molecule has 0 spiro atoms. The quantitative estimate of drug-likeness (QED) is 0.828. The van der Waals surface area contributed by atoms with Gasteiger partial charge in [-0.2, -0.15) is 0 Å². The van der Waals surface area contributed by atoms with E-state index in [2.05, 4.69) is 43.4 Å². The van der Waals surface area contributed by atoms with E-state index in [9.17, 15) is 4.79 Å². The van der Waals surface area contributed by atoms with Crippen molar-refractivity contribution in [2.24, 2.45) is 5.73 Å². The third-order valence-corrected chi connectivity index (χ3v) is 3.29. The Morgan fingerprint density at radius 1 is 1.26 bits per heavy atom. The van der Waals surface area contributed by atoms with Gasteiger partial charge in [-0.05, 0) is 31.2 Å². The van der Waals surface area contributed by atoms with Crippen molar-refractivity contribution in [3.63, 3.8) is 0 Å². The van der Waals surface area contributed by atoms with E-state index in [1.54, 1.807) is 0 Å². The number of carbonyl (C=O) groups is 1. The number of benzene rings is 1. The molecule has 0 aliphatic heterocycles. The predicted molar refractivity (Wildman–Crippen MR) is 80.0 cm³/mol. The maximum Gasteiger partial charge on any atom is 0.221 e. The zero-order valence-corrected chi connectivity index (χ0v) is 12.4. The molecule has 0 aromatic heterocycles. The highest BCUT2D eigenvalue weighted by molar-refractivity contribution is 5.76. The Morgan fingerprint density at radius 2 is 1.84 bits per heavy atom. The minimum atomic E-state index is -0.0886. The van der Waals surface area contributed by atoms with Gasteiger partial charge >= 0.3 is 0 Å². The summed E-state index contributed by atoms with van der Waals surface area (Å²) in [5, 5.41) is 3.02. The molecule has 2 atom stereocenters. The molecule has 0 saturated heterocycles. The summed E-state index contributed by atoms with van der Waals surface area (Å²) in [7, 11) is 0. The fourth-order valence-electron chi connectivity index (χ4n) is 2.45. The van der Waals surface area contributed by atoms with Gasteiger partial charge in [0, 0.05) is 18.5 Å².